The van der Waals surface area contributed by atoms with Gasteiger partial charge >= 0.3 is 0 Å². The maximum atomic E-state index is 6.03. The molecule has 0 radical (unpaired) electrons. The second-order valence-electron chi connectivity index (χ2n) is 5.13. The molecule has 0 atom stereocenters. The highest BCUT2D eigenvalue weighted by atomic mass is 15.1. The molecule has 4 nitrogen and oxygen atoms in total. The predicted molar refractivity (Wildman–Crippen MR) is 83.3 cm³/mol. The molecule has 0 saturated heterocycles. The number of para-hydroxylation sites is 1. The molecule has 20 heavy (non-hydrogen) atoms. The van der Waals surface area contributed by atoms with Gasteiger partial charge in [0.2, 0.25) is 0 Å². The van der Waals surface area contributed by atoms with E-state index < -0.39 is 0 Å². The molecule has 108 valence electrons. The van der Waals surface area contributed by atoms with Gasteiger partial charge in [-0.2, -0.15) is 0 Å². The van der Waals surface area contributed by atoms with Crippen molar-refractivity contribution in [2.24, 2.45) is 0 Å². The molecule has 2 N–H and O–H groups in total. The van der Waals surface area contributed by atoms with E-state index in [0.29, 0.717) is 0 Å². The monoisotopic (exact) mass is 272 g/mol. The zero-order valence-electron chi connectivity index (χ0n) is 12.2. The van der Waals surface area contributed by atoms with Gasteiger partial charge < -0.3 is 10.3 Å². The molecule has 1 heterocycles. The standard InChI is InChI=1S/C16H24N4/c1-2-9-19(10-5-11-20-12-8-18-14-20)13-15-6-3-4-7-16(15)17/h3-4,6-8,12,14H,2,5,9-11,13,17H2,1H3. The Labute approximate surface area is 121 Å². The van der Waals surface area contributed by atoms with Crippen molar-refractivity contribution in [1.82, 2.24) is 14.5 Å². The molecule has 2 aromatic rings. The zero-order valence-corrected chi connectivity index (χ0v) is 12.2. The first-order valence-corrected chi connectivity index (χ1v) is 7.31. The van der Waals surface area contributed by atoms with E-state index in [9.17, 15) is 0 Å². The Kier molecular flexibility index (Phi) is 5.62. The number of aromatic nitrogens is 2. The highest BCUT2D eigenvalue weighted by molar-refractivity contribution is 5.46. The molecule has 0 unspecified atom stereocenters. The average molecular weight is 272 g/mol. The second-order valence-corrected chi connectivity index (χ2v) is 5.13. The van der Waals surface area contributed by atoms with Crippen LogP contribution in [0, 0.1) is 0 Å². The van der Waals surface area contributed by atoms with Crippen LogP contribution in [-0.4, -0.2) is 27.5 Å². The minimum atomic E-state index is 0.892. The summed E-state index contributed by atoms with van der Waals surface area (Å²) in [5, 5.41) is 0. The molecular formula is C16H24N4. The van der Waals surface area contributed by atoms with Crippen LogP contribution in [0.4, 0.5) is 5.69 Å². The lowest BCUT2D eigenvalue weighted by molar-refractivity contribution is 0.258. The Hall–Kier alpha value is -1.81. The molecule has 0 aliphatic rings. The molecule has 0 amide bonds. The van der Waals surface area contributed by atoms with Gasteiger partial charge in [-0.25, -0.2) is 4.98 Å². The van der Waals surface area contributed by atoms with Gasteiger partial charge in [-0.15, -0.1) is 0 Å². The van der Waals surface area contributed by atoms with E-state index >= 15 is 0 Å². The summed E-state index contributed by atoms with van der Waals surface area (Å²) >= 11 is 0. The number of hydrogen-bond acceptors (Lipinski definition) is 3. The lowest BCUT2D eigenvalue weighted by Crippen LogP contribution is -2.26. The highest BCUT2D eigenvalue weighted by Crippen LogP contribution is 2.14. The van der Waals surface area contributed by atoms with E-state index in [1.54, 1.807) is 0 Å². The van der Waals surface area contributed by atoms with Crippen LogP contribution in [0.15, 0.2) is 43.0 Å². The number of aryl methyl sites for hydroxylation is 1. The third-order valence-corrected chi connectivity index (χ3v) is 3.44. The van der Waals surface area contributed by atoms with Crippen molar-refractivity contribution in [2.75, 3.05) is 18.8 Å². The van der Waals surface area contributed by atoms with E-state index in [1.807, 2.05) is 30.9 Å². The summed E-state index contributed by atoms with van der Waals surface area (Å²) in [5.41, 5.74) is 8.15. The van der Waals surface area contributed by atoms with Crippen LogP contribution in [0.1, 0.15) is 25.3 Å². The third-order valence-electron chi connectivity index (χ3n) is 3.44. The summed E-state index contributed by atoms with van der Waals surface area (Å²) in [6.07, 6.45) is 8.01. The topological polar surface area (TPSA) is 47.1 Å². The number of rotatable bonds is 8. The van der Waals surface area contributed by atoms with Gasteiger partial charge in [0.25, 0.3) is 0 Å². The Morgan fingerprint density at radius 1 is 1.25 bits per heavy atom. The molecule has 0 aliphatic heterocycles. The Bertz CT molecular complexity index is 493. The van der Waals surface area contributed by atoms with Gasteiger partial charge in [0, 0.05) is 37.7 Å². The van der Waals surface area contributed by atoms with Crippen LogP contribution in [-0.2, 0) is 13.1 Å². The number of anilines is 1. The van der Waals surface area contributed by atoms with Gasteiger partial charge in [0.05, 0.1) is 6.33 Å². The number of benzene rings is 1. The van der Waals surface area contributed by atoms with Crippen molar-refractivity contribution in [3.8, 4) is 0 Å². The largest absolute Gasteiger partial charge is 0.398 e. The minimum absolute atomic E-state index is 0.892. The number of hydrogen-bond donors (Lipinski definition) is 1. The van der Waals surface area contributed by atoms with Gasteiger partial charge in [-0.05, 0) is 31.0 Å². The van der Waals surface area contributed by atoms with Crippen LogP contribution in [0.2, 0.25) is 0 Å². The quantitative estimate of drug-likeness (QED) is 0.752. The first kappa shape index (κ1) is 14.6. The Morgan fingerprint density at radius 3 is 2.80 bits per heavy atom. The van der Waals surface area contributed by atoms with Gasteiger partial charge in [-0.1, -0.05) is 25.1 Å². The van der Waals surface area contributed by atoms with Gasteiger partial charge in [0.1, 0.15) is 0 Å². The maximum absolute atomic E-state index is 6.03. The first-order chi connectivity index (χ1) is 9.79. The van der Waals surface area contributed by atoms with Crippen molar-refractivity contribution in [1.29, 1.82) is 0 Å². The first-order valence-electron chi connectivity index (χ1n) is 7.31. The molecule has 0 saturated carbocycles. The normalized spacial score (nSPS) is 11.1. The van der Waals surface area contributed by atoms with Crippen LogP contribution in [0.3, 0.4) is 0 Å². The molecule has 0 aliphatic carbocycles. The number of nitrogens with zero attached hydrogens (tertiary/aromatic N) is 3. The Balaban J connectivity index is 1.85. The van der Waals surface area contributed by atoms with E-state index in [4.69, 9.17) is 5.73 Å². The van der Waals surface area contributed by atoms with Crippen molar-refractivity contribution >= 4 is 5.69 Å². The summed E-state index contributed by atoms with van der Waals surface area (Å²) in [6.45, 7) is 6.37. The SMILES string of the molecule is CCCN(CCCn1ccnc1)Cc1ccccc1N. The molecule has 1 aromatic carbocycles. The zero-order chi connectivity index (χ0) is 14.2. The second kappa shape index (κ2) is 7.70. The summed E-state index contributed by atoms with van der Waals surface area (Å²) in [6, 6.07) is 8.14. The number of nitrogens with two attached hydrogens (primary N) is 1. The van der Waals surface area contributed by atoms with Crippen LogP contribution in [0.25, 0.3) is 0 Å². The maximum Gasteiger partial charge on any atom is 0.0945 e. The fraction of sp³-hybridized carbons (Fsp3) is 0.438. The van der Waals surface area contributed by atoms with E-state index in [-0.39, 0.29) is 0 Å². The van der Waals surface area contributed by atoms with Crippen molar-refractivity contribution < 1.29 is 0 Å². The van der Waals surface area contributed by atoms with Crippen LogP contribution < -0.4 is 5.73 Å². The molecule has 1 aromatic heterocycles. The molecule has 4 heteroatoms. The molecule has 2 rings (SSSR count). The highest BCUT2D eigenvalue weighted by Gasteiger charge is 2.07. The average Bonchev–Trinajstić information content (AvgIpc) is 2.95. The van der Waals surface area contributed by atoms with Gasteiger partial charge in [-0.3, -0.25) is 4.90 Å². The minimum Gasteiger partial charge on any atom is -0.398 e. The fourth-order valence-electron chi connectivity index (χ4n) is 2.40. The summed E-state index contributed by atoms with van der Waals surface area (Å²) in [7, 11) is 0. The van der Waals surface area contributed by atoms with Crippen LogP contribution >= 0.6 is 0 Å². The van der Waals surface area contributed by atoms with E-state index in [0.717, 1.165) is 44.7 Å². The van der Waals surface area contributed by atoms with E-state index in [2.05, 4.69) is 33.5 Å². The van der Waals surface area contributed by atoms with Crippen molar-refractivity contribution in [3.05, 3.63) is 48.5 Å². The molecule has 0 bridgehead atoms. The predicted octanol–water partition coefficient (Wildman–Crippen LogP) is 2.77. The molecule has 0 fully saturated rings. The lowest BCUT2D eigenvalue weighted by atomic mass is 10.1. The summed E-state index contributed by atoms with van der Waals surface area (Å²) < 4.78 is 2.13. The fourth-order valence-corrected chi connectivity index (χ4v) is 2.40. The van der Waals surface area contributed by atoms with Crippen molar-refractivity contribution in [3.63, 3.8) is 0 Å². The van der Waals surface area contributed by atoms with Gasteiger partial charge in [0.15, 0.2) is 0 Å². The summed E-state index contributed by atoms with van der Waals surface area (Å²) in [4.78, 5) is 6.54. The smallest absolute Gasteiger partial charge is 0.0945 e. The van der Waals surface area contributed by atoms with E-state index in [1.165, 1.54) is 5.56 Å². The Morgan fingerprint density at radius 2 is 2.10 bits per heavy atom. The number of imidazole rings is 1. The third kappa shape index (κ3) is 4.38. The number of nitrogen functional groups attached to an aromatic ring is 1. The molecule has 0 spiro atoms. The molecular weight excluding hydrogens is 248 g/mol. The van der Waals surface area contributed by atoms with Crippen molar-refractivity contribution in [2.45, 2.75) is 32.9 Å². The van der Waals surface area contributed by atoms with Crippen LogP contribution in [0.5, 0.6) is 0 Å². The lowest BCUT2D eigenvalue weighted by Gasteiger charge is -2.22. The summed E-state index contributed by atoms with van der Waals surface area (Å²) in [5.74, 6) is 0.